The highest BCUT2D eigenvalue weighted by atomic mass is 35.5. The fourth-order valence-electron chi connectivity index (χ4n) is 4.75. The lowest BCUT2D eigenvalue weighted by Crippen LogP contribution is -2.50. The number of thiazole rings is 1. The third-order valence-electron chi connectivity index (χ3n) is 7.31. The second-order valence-electron chi connectivity index (χ2n) is 10.8. The average molecular weight is 792 g/mol. The van der Waals surface area contributed by atoms with Crippen LogP contribution in [0.1, 0.15) is 43.0 Å². The molecule has 0 saturated carbocycles. The molecule has 4 rings (SSSR count). The van der Waals surface area contributed by atoms with Crippen molar-refractivity contribution in [3.63, 3.8) is 0 Å². The SMILES string of the molecule is C[C@@H](NC(=O)[C@H](CCCCN)NCCOc1ccc(-c2c(C#N)c(N)nc(SCc3csc(-c4ccc(Cl)cc4)n3)c2C#N)cc1)C(=O)O.Cl.Cl. The van der Waals surface area contributed by atoms with Crippen molar-refractivity contribution in [2.75, 3.05) is 25.4 Å². The van der Waals surface area contributed by atoms with Crippen molar-refractivity contribution in [1.29, 1.82) is 10.5 Å². The fraction of sp³-hybridized carbons (Fsp3) is 0.294. The molecular formula is C34H37Cl3N8O4S2. The zero-order valence-corrected chi connectivity index (χ0v) is 31.4. The molecule has 270 valence electrons. The first-order valence-electron chi connectivity index (χ1n) is 15.3. The Morgan fingerprint density at radius 2 is 1.71 bits per heavy atom. The number of nitrogens with zero attached hydrogens (tertiary/aromatic N) is 4. The van der Waals surface area contributed by atoms with Crippen molar-refractivity contribution in [2.24, 2.45) is 5.73 Å². The number of nitriles is 2. The third-order valence-corrected chi connectivity index (χ3v) is 9.51. The highest BCUT2D eigenvalue weighted by Crippen LogP contribution is 2.37. The Kier molecular flexibility index (Phi) is 18.0. The Hall–Kier alpha value is -4.12. The van der Waals surface area contributed by atoms with Gasteiger partial charge in [-0.05, 0) is 56.1 Å². The molecule has 51 heavy (non-hydrogen) atoms. The predicted octanol–water partition coefficient (Wildman–Crippen LogP) is 6.04. The first-order chi connectivity index (χ1) is 23.6. The van der Waals surface area contributed by atoms with E-state index >= 15 is 0 Å². The van der Waals surface area contributed by atoms with Crippen LogP contribution in [0.2, 0.25) is 5.02 Å². The molecule has 0 aliphatic carbocycles. The van der Waals surface area contributed by atoms with Gasteiger partial charge in [0.1, 0.15) is 52.0 Å². The van der Waals surface area contributed by atoms with Gasteiger partial charge < -0.3 is 31.9 Å². The van der Waals surface area contributed by atoms with E-state index in [0.717, 1.165) is 22.7 Å². The van der Waals surface area contributed by atoms with Gasteiger partial charge in [-0.1, -0.05) is 54.0 Å². The minimum atomic E-state index is -1.12. The average Bonchev–Trinajstić information content (AvgIpc) is 3.57. The minimum absolute atomic E-state index is 0. The summed E-state index contributed by atoms with van der Waals surface area (Å²) < 4.78 is 5.87. The van der Waals surface area contributed by atoms with E-state index in [-0.39, 0.29) is 48.4 Å². The van der Waals surface area contributed by atoms with Crippen molar-refractivity contribution in [3.05, 3.63) is 75.8 Å². The van der Waals surface area contributed by atoms with Gasteiger partial charge in [0.15, 0.2) is 0 Å². The van der Waals surface area contributed by atoms with Gasteiger partial charge in [-0.2, -0.15) is 10.5 Å². The summed E-state index contributed by atoms with van der Waals surface area (Å²) in [6, 6.07) is 17.0. The molecule has 12 nitrogen and oxygen atoms in total. The molecule has 2 heterocycles. The van der Waals surface area contributed by atoms with Crippen LogP contribution in [0.5, 0.6) is 5.75 Å². The number of hydrogen-bond acceptors (Lipinski definition) is 12. The van der Waals surface area contributed by atoms with Gasteiger partial charge >= 0.3 is 5.97 Å². The van der Waals surface area contributed by atoms with Crippen LogP contribution < -0.4 is 26.8 Å². The van der Waals surface area contributed by atoms with Crippen molar-refractivity contribution in [3.8, 4) is 39.6 Å². The number of rotatable bonds is 17. The Morgan fingerprint density at radius 3 is 2.33 bits per heavy atom. The molecular weight excluding hydrogens is 755 g/mol. The molecule has 2 aromatic carbocycles. The van der Waals surface area contributed by atoms with Crippen LogP contribution in [-0.4, -0.2) is 58.7 Å². The number of thioether (sulfide) groups is 1. The van der Waals surface area contributed by atoms with Crippen LogP contribution in [0.15, 0.2) is 58.9 Å². The molecule has 0 aliphatic rings. The third kappa shape index (κ3) is 12.0. The number of aliphatic carboxylic acids is 1. The number of unbranched alkanes of at least 4 members (excludes halogenated alkanes) is 1. The second kappa shape index (κ2) is 21.3. The lowest BCUT2D eigenvalue weighted by molar-refractivity contribution is -0.141. The van der Waals surface area contributed by atoms with Gasteiger partial charge in [-0.25, -0.2) is 9.97 Å². The van der Waals surface area contributed by atoms with Crippen molar-refractivity contribution < 1.29 is 19.4 Å². The topological polar surface area (TPSA) is 213 Å². The first kappa shape index (κ1) is 43.0. The number of hydrogen-bond donors (Lipinski definition) is 5. The molecule has 7 N–H and O–H groups in total. The number of anilines is 1. The number of carboxylic acid groups (broad SMARTS) is 1. The van der Waals surface area contributed by atoms with Crippen LogP contribution in [0.4, 0.5) is 5.82 Å². The highest BCUT2D eigenvalue weighted by molar-refractivity contribution is 7.98. The maximum absolute atomic E-state index is 12.6. The monoisotopic (exact) mass is 790 g/mol. The van der Waals surface area contributed by atoms with Crippen LogP contribution in [0.3, 0.4) is 0 Å². The number of carbonyl (C=O) groups is 2. The summed E-state index contributed by atoms with van der Waals surface area (Å²) in [7, 11) is 0. The second-order valence-corrected chi connectivity index (χ2v) is 13.1. The van der Waals surface area contributed by atoms with Gasteiger partial charge in [0.25, 0.3) is 0 Å². The number of ether oxygens (including phenoxy) is 1. The molecule has 0 saturated heterocycles. The first-order valence-corrected chi connectivity index (χ1v) is 17.6. The lowest BCUT2D eigenvalue weighted by atomic mass is 9.97. The van der Waals surface area contributed by atoms with Gasteiger partial charge in [0.05, 0.1) is 17.3 Å². The quantitative estimate of drug-likeness (QED) is 0.0612. The largest absolute Gasteiger partial charge is 0.492 e. The Labute approximate surface area is 321 Å². The minimum Gasteiger partial charge on any atom is -0.492 e. The van der Waals surface area contributed by atoms with E-state index in [1.807, 2.05) is 29.6 Å². The number of aromatic nitrogens is 2. The molecule has 0 bridgehead atoms. The van der Waals surface area contributed by atoms with Gasteiger partial charge in [-0.15, -0.1) is 36.2 Å². The maximum Gasteiger partial charge on any atom is 0.325 e. The number of amides is 1. The predicted molar refractivity (Wildman–Crippen MR) is 206 cm³/mol. The summed E-state index contributed by atoms with van der Waals surface area (Å²) in [5.74, 6) is -0.530. The van der Waals surface area contributed by atoms with Crippen molar-refractivity contribution in [2.45, 2.75) is 49.0 Å². The summed E-state index contributed by atoms with van der Waals surface area (Å²) in [5.41, 5.74) is 14.9. The van der Waals surface area contributed by atoms with Crippen molar-refractivity contribution >= 4 is 77.2 Å². The Balaban J connectivity index is 0.00000451. The molecule has 0 unspecified atom stereocenters. The van der Waals surface area contributed by atoms with Crippen LogP contribution >= 0.6 is 59.5 Å². The summed E-state index contributed by atoms with van der Waals surface area (Å²) in [5, 5.41) is 38.7. The van der Waals surface area contributed by atoms with E-state index in [1.54, 1.807) is 24.3 Å². The number of halogens is 3. The number of benzene rings is 2. The molecule has 0 aliphatic heterocycles. The molecule has 1 amide bonds. The van der Waals surface area contributed by atoms with Gasteiger partial charge in [-0.3, -0.25) is 9.59 Å². The molecule has 2 atom stereocenters. The van der Waals surface area contributed by atoms with E-state index in [1.165, 1.54) is 30.0 Å². The van der Waals surface area contributed by atoms with Crippen LogP contribution in [0, 0.1) is 22.7 Å². The van der Waals surface area contributed by atoms with Crippen molar-refractivity contribution in [1.82, 2.24) is 20.6 Å². The van der Waals surface area contributed by atoms with Crippen LogP contribution in [0.25, 0.3) is 21.7 Å². The molecule has 17 heteroatoms. The Bertz CT molecular complexity index is 1850. The summed E-state index contributed by atoms with van der Waals surface area (Å²) >= 11 is 8.83. The summed E-state index contributed by atoms with van der Waals surface area (Å²) in [6.45, 7) is 2.45. The zero-order chi connectivity index (χ0) is 35.3. The number of pyridine rings is 1. The summed E-state index contributed by atoms with van der Waals surface area (Å²) in [4.78, 5) is 32.9. The normalized spacial score (nSPS) is 11.5. The molecule has 0 radical (unpaired) electrons. The fourth-order valence-corrected chi connectivity index (χ4v) is 6.69. The maximum atomic E-state index is 12.6. The van der Waals surface area contributed by atoms with E-state index < -0.39 is 24.0 Å². The lowest BCUT2D eigenvalue weighted by Gasteiger charge is -2.20. The van der Waals surface area contributed by atoms with Gasteiger partial charge in [0, 0.05) is 33.8 Å². The standard InChI is InChI=1S/C34H35ClN8O4S2.2ClH/c1-20(34(45)46)41-31(44)28(4-2-3-13-36)40-14-15-47-25-11-7-21(8-12-25)29-26(16-37)30(39)43-33(27(29)17-38)49-19-24-18-48-32(42-24)22-5-9-23(35)10-6-22;;/h5-12,18,20,28,40H,2-4,13-15,19,36H2,1H3,(H2,39,43)(H,41,44)(H,45,46);2*1H/t20-,28+;;/m1../s1. The molecule has 2 aromatic heterocycles. The van der Waals surface area contributed by atoms with Gasteiger partial charge in [0.2, 0.25) is 5.91 Å². The number of carbonyl (C=O) groups excluding carboxylic acids is 1. The van der Waals surface area contributed by atoms with E-state index in [2.05, 4.69) is 27.8 Å². The molecule has 4 aromatic rings. The molecule has 0 spiro atoms. The zero-order valence-electron chi connectivity index (χ0n) is 27.4. The van der Waals surface area contributed by atoms with E-state index in [0.29, 0.717) is 58.6 Å². The number of nitrogens with two attached hydrogens (primary N) is 2. The summed E-state index contributed by atoms with van der Waals surface area (Å²) in [6.07, 6.45) is 1.94. The van der Waals surface area contributed by atoms with Crippen LogP contribution in [-0.2, 0) is 15.3 Å². The highest BCUT2D eigenvalue weighted by Gasteiger charge is 2.23. The molecule has 0 fully saturated rings. The number of nitrogens with one attached hydrogen (secondary N) is 2. The van der Waals surface area contributed by atoms with E-state index in [9.17, 15) is 20.1 Å². The Morgan fingerprint density at radius 1 is 1.04 bits per heavy atom. The number of carboxylic acids is 1. The number of nitrogen functional groups attached to an aromatic ring is 1. The van der Waals surface area contributed by atoms with E-state index in [4.69, 9.17) is 37.9 Å². The smallest absolute Gasteiger partial charge is 0.325 e.